The highest BCUT2D eigenvalue weighted by molar-refractivity contribution is 5.82. The molecular formula is C24H28N6O2. The number of nitrogens with zero attached hydrogens (tertiary/aromatic N) is 6. The number of anilines is 2. The van der Waals surface area contributed by atoms with E-state index in [1.54, 1.807) is 12.1 Å². The second-order valence-corrected chi connectivity index (χ2v) is 8.73. The molecule has 0 saturated carbocycles. The van der Waals surface area contributed by atoms with E-state index in [-0.39, 0.29) is 10.6 Å². The fraction of sp³-hybridized carbons (Fsp3) is 0.417. The van der Waals surface area contributed by atoms with Crippen LogP contribution in [0, 0.1) is 16.0 Å². The van der Waals surface area contributed by atoms with Gasteiger partial charge in [0, 0.05) is 69.5 Å². The maximum absolute atomic E-state index is 11.0. The van der Waals surface area contributed by atoms with Gasteiger partial charge < -0.3 is 9.80 Å². The van der Waals surface area contributed by atoms with Crippen LogP contribution in [0.5, 0.6) is 0 Å². The summed E-state index contributed by atoms with van der Waals surface area (Å²) >= 11 is 0. The molecule has 0 bridgehead atoms. The quantitative estimate of drug-likeness (QED) is 0.450. The predicted octanol–water partition coefficient (Wildman–Crippen LogP) is 3.58. The maximum Gasteiger partial charge on any atom is 0.270 e. The Kier molecular flexibility index (Phi) is 5.85. The van der Waals surface area contributed by atoms with Crippen LogP contribution in [0.15, 0.2) is 54.7 Å². The van der Waals surface area contributed by atoms with E-state index in [9.17, 15) is 10.1 Å². The molecule has 2 aromatic heterocycles. The van der Waals surface area contributed by atoms with Gasteiger partial charge in [-0.2, -0.15) is 0 Å². The Morgan fingerprint density at radius 1 is 0.969 bits per heavy atom. The van der Waals surface area contributed by atoms with Crippen molar-refractivity contribution in [2.24, 2.45) is 5.92 Å². The van der Waals surface area contributed by atoms with E-state index in [1.165, 1.54) is 18.9 Å². The van der Waals surface area contributed by atoms with Gasteiger partial charge in [0.05, 0.1) is 10.4 Å². The molecule has 8 heteroatoms. The number of piperidine rings is 1. The number of non-ortho nitro benzene ring substituents is 1. The van der Waals surface area contributed by atoms with E-state index in [0.717, 1.165) is 68.4 Å². The lowest BCUT2D eigenvalue weighted by molar-refractivity contribution is -0.384. The smallest absolute Gasteiger partial charge is 0.270 e. The average Bonchev–Trinajstić information content (AvgIpc) is 2.84. The molecule has 0 N–H and O–H groups in total. The highest BCUT2D eigenvalue weighted by Crippen LogP contribution is 2.26. The van der Waals surface area contributed by atoms with Crippen LogP contribution in [-0.4, -0.2) is 65.6 Å². The van der Waals surface area contributed by atoms with Crippen molar-refractivity contribution in [3.8, 4) is 0 Å². The standard InChI is InChI=1S/C24H28N6O2/c31-30(32)21-7-8-22-20(16-21)6-9-24(26-22)29-11-3-4-19(18-29)17-27-12-14-28(15-13-27)23-5-1-2-10-25-23/h1-2,5-10,16,19H,3-4,11-15,17-18H2. The summed E-state index contributed by atoms with van der Waals surface area (Å²) in [5, 5.41) is 11.8. The number of benzene rings is 1. The minimum atomic E-state index is -0.362. The molecule has 1 atom stereocenters. The van der Waals surface area contributed by atoms with Gasteiger partial charge in [0.25, 0.3) is 5.69 Å². The van der Waals surface area contributed by atoms with Crippen molar-refractivity contribution < 1.29 is 4.92 Å². The van der Waals surface area contributed by atoms with Crippen molar-refractivity contribution in [2.45, 2.75) is 12.8 Å². The molecule has 32 heavy (non-hydrogen) atoms. The Bertz CT molecular complexity index is 1080. The summed E-state index contributed by atoms with van der Waals surface area (Å²) in [6.07, 6.45) is 4.27. The zero-order valence-electron chi connectivity index (χ0n) is 18.1. The summed E-state index contributed by atoms with van der Waals surface area (Å²) in [7, 11) is 0. The third-order valence-corrected chi connectivity index (χ3v) is 6.57. The molecule has 2 aliphatic heterocycles. The van der Waals surface area contributed by atoms with Gasteiger partial charge in [-0.3, -0.25) is 15.0 Å². The zero-order chi connectivity index (χ0) is 21.9. The molecule has 0 aliphatic carbocycles. The Balaban J connectivity index is 1.19. The second-order valence-electron chi connectivity index (χ2n) is 8.73. The third-order valence-electron chi connectivity index (χ3n) is 6.57. The van der Waals surface area contributed by atoms with E-state index in [1.807, 2.05) is 30.5 Å². The summed E-state index contributed by atoms with van der Waals surface area (Å²) in [6.45, 7) is 7.31. The molecule has 0 amide bonds. The summed E-state index contributed by atoms with van der Waals surface area (Å²) in [5.41, 5.74) is 0.911. The Hall–Kier alpha value is -3.26. The highest BCUT2D eigenvalue weighted by atomic mass is 16.6. The molecule has 1 aromatic carbocycles. The fourth-order valence-corrected chi connectivity index (χ4v) is 4.88. The van der Waals surface area contributed by atoms with Gasteiger partial charge in [0.15, 0.2) is 0 Å². The van der Waals surface area contributed by atoms with Crippen molar-refractivity contribution in [1.29, 1.82) is 0 Å². The van der Waals surface area contributed by atoms with Crippen molar-refractivity contribution in [3.63, 3.8) is 0 Å². The van der Waals surface area contributed by atoms with Crippen LogP contribution >= 0.6 is 0 Å². The second kappa shape index (κ2) is 9.08. The van der Waals surface area contributed by atoms with Crippen LogP contribution in [0.1, 0.15) is 12.8 Å². The van der Waals surface area contributed by atoms with E-state index in [2.05, 4.69) is 25.8 Å². The predicted molar refractivity (Wildman–Crippen MR) is 126 cm³/mol. The van der Waals surface area contributed by atoms with Crippen molar-refractivity contribution in [3.05, 3.63) is 64.8 Å². The number of fused-ring (bicyclic) bond motifs is 1. The lowest BCUT2D eigenvalue weighted by Gasteiger charge is -2.40. The number of rotatable bonds is 5. The largest absolute Gasteiger partial charge is 0.356 e. The molecule has 166 valence electrons. The number of piperazine rings is 1. The minimum absolute atomic E-state index is 0.105. The number of hydrogen-bond donors (Lipinski definition) is 0. The lowest BCUT2D eigenvalue weighted by atomic mass is 9.97. The maximum atomic E-state index is 11.0. The minimum Gasteiger partial charge on any atom is -0.356 e. The van der Waals surface area contributed by atoms with Crippen LogP contribution in [0.3, 0.4) is 0 Å². The first kappa shape index (κ1) is 20.6. The zero-order valence-corrected chi connectivity index (χ0v) is 18.1. The first-order valence-electron chi connectivity index (χ1n) is 11.3. The molecule has 1 unspecified atom stereocenters. The normalized spacial score (nSPS) is 19.9. The van der Waals surface area contributed by atoms with Gasteiger partial charge in [0.1, 0.15) is 11.6 Å². The Labute approximate surface area is 187 Å². The summed E-state index contributed by atoms with van der Waals surface area (Å²) in [6, 6.07) is 14.9. The fourth-order valence-electron chi connectivity index (χ4n) is 4.88. The van der Waals surface area contributed by atoms with Crippen LogP contribution in [0.2, 0.25) is 0 Å². The van der Waals surface area contributed by atoms with Crippen LogP contribution < -0.4 is 9.80 Å². The molecule has 4 heterocycles. The van der Waals surface area contributed by atoms with Crippen molar-refractivity contribution in [2.75, 3.05) is 55.6 Å². The summed E-state index contributed by atoms with van der Waals surface area (Å²) < 4.78 is 0. The van der Waals surface area contributed by atoms with Gasteiger partial charge in [-0.05, 0) is 49.1 Å². The molecule has 0 spiro atoms. The monoisotopic (exact) mass is 432 g/mol. The van der Waals surface area contributed by atoms with E-state index >= 15 is 0 Å². The topological polar surface area (TPSA) is 78.6 Å². The lowest BCUT2D eigenvalue weighted by Crippen LogP contribution is -2.50. The molecule has 2 fully saturated rings. The van der Waals surface area contributed by atoms with E-state index < -0.39 is 0 Å². The number of hydrogen-bond acceptors (Lipinski definition) is 7. The molecule has 5 rings (SSSR count). The van der Waals surface area contributed by atoms with Gasteiger partial charge in [-0.25, -0.2) is 9.97 Å². The highest BCUT2D eigenvalue weighted by Gasteiger charge is 2.25. The number of pyridine rings is 2. The molecule has 0 radical (unpaired) electrons. The van der Waals surface area contributed by atoms with Crippen LogP contribution in [0.4, 0.5) is 17.3 Å². The Morgan fingerprint density at radius 3 is 2.62 bits per heavy atom. The van der Waals surface area contributed by atoms with Crippen LogP contribution in [-0.2, 0) is 0 Å². The van der Waals surface area contributed by atoms with E-state index in [0.29, 0.717) is 5.92 Å². The summed E-state index contributed by atoms with van der Waals surface area (Å²) in [5.74, 6) is 2.67. The Morgan fingerprint density at radius 2 is 1.84 bits per heavy atom. The number of nitro groups is 1. The average molecular weight is 433 g/mol. The van der Waals surface area contributed by atoms with Crippen molar-refractivity contribution >= 4 is 28.2 Å². The molecule has 3 aromatic rings. The van der Waals surface area contributed by atoms with Gasteiger partial charge in [-0.1, -0.05) is 6.07 Å². The molecule has 2 saturated heterocycles. The van der Waals surface area contributed by atoms with Crippen molar-refractivity contribution in [1.82, 2.24) is 14.9 Å². The first-order valence-corrected chi connectivity index (χ1v) is 11.3. The van der Waals surface area contributed by atoms with E-state index in [4.69, 9.17) is 4.98 Å². The number of nitro benzene ring substituents is 1. The van der Waals surface area contributed by atoms with Gasteiger partial charge in [0.2, 0.25) is 0 Å². The van der Waals surface area contributed by atoms with Gasteiger partial charge in [-0.15, -0.1) is 0 Å². The molecule has 8 nitrogen and oxygen atoms in total. The molecule has 2 aliphatic rings. The first-order chi connectivity index (χ1) is 15.7. The molecular weight excluding hydrogens is 404 g/mol. The number of aromatic nitrogens is 2. The van der Waals surface area contributed by atoms with Crippen LogP contribution in [0.25, 0.3) is 10.9 Å². The SMILES string of the molecule is O=[N+]([O-])c1ccc2nc(N3CCCC(CN4CCN(c5ccccn5)CC4)C3)ccc2c1. The summed E-state index contributed by atoms with van der Waals surface area (Å²) in [4.78, 5) is 27.3. The third kappa shape index (κ3) is 4.50. The van der Waals surface area contributed by atoms with Gasteiger partial charge >= 0.3 is 0 Å².